The highest BCUT2D eigenvalue weighted by atomic mass is 16.2. The highest BCUT2D eigenvalue weighted by Crippen LogP contribution is 2.19. The number of rotatable bonds is 5. The van der Waals surface area contributed by atoms with Gasteiger partial charge in [-0.25, -0.2) is 4.98 Å². The molecule has 0 atom stereocenters. The van der Waals surface area contributed by atoms with Gasteiger partial charge < -0.3 is 9.47 Å². The van der Waals surface area contributed by atoms with Crippen LogP contribution >= 0.6 is 0 Å². The minimum absolute atomic E-state index is 0.0456. The second-order valence-electron chi connectivity index (χ2n) is 6.49. The number of carbonyl (C=O) groups excluding carboxylic acids is 1. The molecule has 5 heteroatoms. The van der Waals surface area contributed by atoms with E-state index in [0.717, 1.165) is 16.9 Å². The molecule has 0 spiro atoms. The molecule has 5 nitrogen and oxygen atoms in total. The Labute approximate surface area is 157 Å². The van der Waals surface area contributed by atoms with E-state index in [2.05, 4.69) is 27.8 Å². The number of nitrogens with zero attached hydrogens (tertiary/aromatic N) is 4. The van der Waals surface area contributed by atoms with Gasteiger partial charge in [0.25, 0.3) is 5.91 Å². The molecule has 1 amide bonds. The number of benzene rings is 2. The zero-order chi connectivity index (χ0) is 18.6. The third kappa shape index (κ3) is 3.58. The average molecular weight is 356 g/mol. The van der Waals surface area contributed by atoms with Gasteiger partial charge in [-0.15, -0.1) is 0 Å². The molecule has 0 unspecified atom stereocenters. The van der Waals surface area contributed by atoms with E-state index < -0.39 is 0 Å². The lowest BCUT2D eigenvalue weighted by atomic mass is 10.2. The van der Waals surface area contributed by atoms with Gasteiger partial charge >= 0.3 is 0 Å². The number of fused-ring (bicyclic) bond motifs is 1. The molecule has 4 rings (SSSR count). The van der Waals surface area contributed by atoms with Crippen LogP contribution < -0.4 is 0 Å². The van der Waals surface area contributed by atoms with Crippen LogP contribution in [-0.4, -0.2) is 32.4 Å². The fourth-order valence-electron chi connectivity index (χ4n) is 3.19. The SMILES string of the molecule is CN(Cc1nc2ccccc2n1Cc1ccccc1)C(=O)c1ccncc1. The van der Waals surface area contributed by atoms with Crippen molar-refractivity contribution >= 4 is 16.9 Å². The molecule has 27 heavy (non-hydrogen) atoms. The van der Waals surface area contributed by atoms with Crippen molar-refractivity contribution in [2.75, 3.05) is 7.05 Å². The van der Waals surface area contributed by atoms with Crippen LogP contribution in [0.15, 0.2) is 79.1 Å². The molecule has 0 bridgehead atoms. The molecule has 2 aromatic carbocycles. The Bertz CT molecular complexity index is 1060. The van der Waals surface area contributed by atoms with Crippen LogP contribution in [0.4, 0.5) is 0 Å². The van der Waals surface area contributed by atoms with E-state index in [1.165, 1.54) is 5.56 Å². The summed E-state index contributed by atoms with van der Waals surface area (Å²) in [5, 5.41) is 0. The minimum atomic E-state index is -0.0456. The van der Waals surface area contributed by atoms with Crippen molar-refractivity contribution in [1.82, 2.24) is 19.4 Å². The third-order valence-electron chi connectivity index (χ3n) is 4.57. The van der Waals surface area contributed by atoms with Crippen LogP contribution in [0.2, 0.25) is 0 Å². The lowest BCUT2D eigenvalue weighted by molar-refractivity contribution is 0.0780. The molecule has 2 aromatic heterocycles. The van der Waals surface area contributed by atoms with E-state index >= 15 is 0 Å². The fraction of sp³-hybridized carbons (Fsp3) is 0.136. The second-order valence-corrected chi connectivity index (χ2v) is 6.49. The lowest BCUT2D eigenvalue weighted by Crippen LogP contribution is -2.27. The normalized spacial score (nSPS) is 10.9. The third-order valence-corrected chi connectivity index (χ3v) is 4.57. The minimum Gasteiger partial charge on any atom is -0.334 e. The number of carbonyl (C=O) groups is 1. The summed E-state index contributed by atoms with van der Waals surface area (Å²) >= 11 is 0. The Kier molecular flexibility index (Phi) is 4.66. The number of pyridine rings is 1. The zero-order valence-electron chi connectivity index (χ0n) is 15.1. The van der Waals surface area contributed by atoms with E-state index in [0.29, 0.717) is 18.7 Å². The van der Waals surface area contributed by atoms with E-state index in [-0.39, 0.29) is 5.91 Å². The van der Waals surface area contributed by atoms with Crippen LogP contribution in [0.3, 0.4) is 0 Å². The van der Waals surface area contributed by atoms with E-state index in [9.17, 15) is 4.79 Å². The maximum atomic E-state index is 12.7. The van der Waals surface area contributed by atoms with Crippen LogP contribution in [0.1, 0.15) is 21.7 Å². The van der Waals surface area contributed by atoms with E-state index in [1.807, 2.05) is 36.4 Å². The van der Waals surface area contributed by atoms with Crippen molar-refractivity contribution < 1.29 is 4.79 Å². The molecular formula is C22H20N4O. The maximum Gasteiger partial charge on any atom is 0.254 e. The molecule has 134 valence electrons. The van der Waals surface area contributed by atoms with E-state index in [1.54, 1.807) is 36.5 Å². The summed E-state index contributed by atoms with van der Waals surface area (Å²) in [5.74, 6) is 0.820. The van der Waals surface area contributed by atoms with Gasteiger partial charge in [0.15, 0.2) is 0 Å². The number of hydrogen-bond acceptors (Lipinski definition) is 3. The van der Waals surface area contributed by atoms with Crippen LogP contribution in [0, 0.1) is 0 Å². The Morgan fingerprint density at radius 1 is 0.963 bits per heavy atom. The van der Waals surface area contributed by atoms with Gasteiger partial charge in [0.1, 0.15) is 5.82 Å². The highest BCUT2D eigenvalue weighted by Gasteiger charge is 2.17. The molecule has 0 radical (unpaired) electrons. The highest BCUT2D eigenvalue weighted by molar-refractivity contribution is 5.93. The number of para-hydroxylation sites is 2. The monoisotopic (exact) mass is 356 g/mol. The summed E-state index contributed by atoms with van der Waals surface area (Å²) in [7, 11) is 1.80. The standard InChI is InChI=1S/C22H20N4O/c1-25(22(27)18-11-13-23-14-12-18)16-21-24-19-9-5-6-10-20(19)26(21)15-17-7-3-2-4-8-17/h2-14H,15-16H2,1H3. The first-order valence-electron chi connectivity index (χ1n) is 8.86. The van der Waals surface area contributed by atoms with Gasteiger partial charge in [0, 0.05) is 31.5 Å². The summed E-state index contributed by atoms with van der Waals surface area (Å²) in [6, 6.07) is 21.8. The van der Waals surface area contributed by atoms with Crippen molar-refractivity contribution in [3.05, 3.63) is 96.1 Å². The number of aromatic nitrogens is 3. The largest absolute Gasteiger partial charge is 0.334 e. The summed E-state index contributed by atoms with van der Waals surface area (Å²) < 4.78 is 2.18. The lowest BCUT2D eigenvalue weighted by Gasteiger charge is -2.18. The smallest absolute Gasteiger partial charge is 0.254 e. The van der Waals surface area contributed by atoms with Crippen molar-refractivity contribution in [3.63, 3.8) is 0 Å². The maximum absolute atomic E-state index is 12.7. The van der Waals surface area contributed by atoms with Gasteiger partial charge in [-0.05, 0) is 29.8 Å². The van der Waals surface area contributed by atoms with Crippen LogP contribution in [0.25, 0.3) is 11.0 Å². The van der Waals surface area contributed by atoms with Crippen molar-refractivity contribution in [1.29, 1.82) is 0 Å². The molecule has 0 aliphatic carbocycles. The first-order chi connectivity index (χ1) is 13.2. The molecule has 0 aliphatic rings. The van der Waals surface area contributed by atoms with Gasteiger partial charge in [-0.2, -0.15) is 0 Å². The summed E-state index contributed by atoms with van der Waals surface area (Å²) in [4.78, 5) is 23.1. The zero-order valence-corrected chi connectivity index (χ0v) is 15.1. The topological polar surface area (TPSA) is 51.0 Å². The molecule has 0 N–H and O–H groups in total. The molecule has 0 saturated carbocycles. The Morgan fingerprint density at radius 3 is 2.44 bits per heavy atom. The Hall–Kier alpha value is -3.47. The Balaban J connectivity index is 1.66. The molecule has 0 aliphatic heterocycles. The van der Waals surface area contributed by atoms with Crippen molar-refractivity contribution in [2.24, 2.45) is 0 Å². The molecular weight excluding hydrogens is 336 g/mol. The molecule has 0 fully saturated rings. The first kappa shape index (κ1) is 17.0. The van der Waals surface area contributed by atoms with Crippen molar-refractivity contribution in [3.8, 4) is 0 Å². The van der Waals surface area contributed by atoms with Gasteiger partial charge in [0.2, 0.25) is 0 Å². The van der Waals surface area contributed by atoms with E-state index in [4.69, 9.17) is 4.98 Å². The predicted molar refractivity (Wildman–Crippen MR) is 105 cm³/mol. The molecule has 4 aromatic rings. The number of imidazole rings is 1. The number of hydrogen-bond donors (Lipinski definition) is 0. The quantitative estimate of drug-likeness (QED) is 0.547. The average Bonchev–Trinajstić information content (AvgIpc) is 3.06. The Morgan fingerprint density at radius 2 is 1.67 bits per heavy atom. The van der Waals surface area contributed by atoms with Crippen LogP contribution in [0.5, 0.6) is 0 Å². The summed E-state index contributed by atoms with van der Waals surface area (Å²) in [6.45, 7) is 1.15. The predicted octanol–water partition coefficient (Wildman–Crippen LogP) is 3.75. The van der Waals surface area contributed by atoms with Gasteiger partial charge in [0.05, 0.1) is 17.6 Å². The molecule has 0 saturated heterocycles. The fourth-order valence-corrected chi connectivity index (χ4v) is 3.19. The molecule has 2 heterocycles. The van der Waals surface area contributed by atoms with Gasteiger partial charge in [-0.1, -0.05) is 42.5 Å². The summed E-state index contributed by atoms with van der Waals surface area (Å²) in [5.41, 5.74) is 3.83. The van der Waals surface area contributed by atoms with Crippen LogP contribution in [-0.2, 0) is 13.1 Å². The van der Waals surface area contributed by atoms with Crippen molar-refractivity contribution in [2.45, 2.75) is 13.1 Å². The first-order valence-corrected chi connectivity index (χ1v) is 8.86. The van der Waals surface area contributed by atoms with Gasteiger partial charge in [-0.3, -0.25) is 9.78 Å². The number of amides is 1. The second kappa shape index (κ2) is 7.41. The summed E-state index contributed by atoms with van der Waals surface area (Å²) in [6.07, 6.45) is 3.26.